The van der Waals surface area contributed by atoms with Gasteiger partial charge in [0, 0.05) is 23.5 Å². The Bertz CT molecular complexity index is 1360. The first kappa shape index (κ1) is 26.1. The molecule has 0 bridgehead atoms. The average molecular weight is 561 g/mol. The number of thiazole rings is 1. The number of anilines is 1. The van der Waals surface area contributed by atoms with Crippen LogP contribution >= 0.6 is 34.7 Å². The molecule has 2 aromatic heterocycles. The second-order valence-corrected chi connectivity index (χ2v) is 10.2. The Hall–Kier alpha value is -3.93. The smallest absolute Gasteiger partial charge is 0.276 e. The number of thioether (sulfide) groups is 1. The van der Waals surface area contributed by atoms with Crippen molar-refractivity contribution in [2.24, 2.45) is 5.16 Å². The minimum atomic E-state index is -1.48. The number of β-lactam (4-membered cyclic amide) rings is 1. The Labute approximate surface area is 223 Å². The summed E-state index contributed by atoms with van der Waals surface area (Å²) >= 11 is 8.36. The molecule has 2 aliphatic rings. The minimum Gasteiger partial charge on any atom is -0.543 e. The van der Waals surface area contributed by atoms with E-state index < -0.39 is 29.2 Å². The minimum absolute atomic E-state index is 0.0291. The van der Waals surface area contributed by atoms with Gasteiger partial charge in [0.05, 0.1) is 11.7 Å². The first-order valence-electron chi connectivity index (χ1n) is 10.5. The van der Waals surface area contributed by atoms with Gasteiger partial charge in [-0.3, -0.25) is 19.3 Å². The number of rotatable bonds is 10. The number of fused-ring (bicyclic) bond motifs is 1. The third-order valence-corrected chi connectivity index (χ3v) is 7.71. The Morgan fingerprint density at radius 2 is 2.16 bits per heavy atom. The lowest BCUT2D eigenvalue weighted by molar-refractivity contribution is -0.689. The van der Waals surface area contributed by atoms with E-state index in [1.54, 1.807) is 29.1 Å². The van der Waals surface area contributed by atoms with Crippen LogP contribution in [0.3, 0.4) is 0 Å². The number of aromatic nitrogens is 2. The summed E-state index contributed by atoms with van der Waals surface area (Å²) in [5, 5.41) is 20.0. The van der Waals surface area contributed by atoms with E-state index in [9.17, 15) is 24.3 Å². The molecule has 3 amide bonds. The van der Waals surface area contributed by atoms with Crippen LogP contribution in [-0.4, -0.2) is 63.6 Å². The summed E-state index contributed by atoms with van der Waals surface area (Å²) in [6, 6.07) is 4.38. The molecule has 2 atom stereocenters. The maximum Gasteiger partial charge on any atom is 0.276 e. The molecule has 12 nitrogen and oxygen atoms in total. The van der Waals surface area contributed by atoms with Crippen LogP contribution in [0.5, 0.6) is 0 Å². The number of carbonyl (C=O) groups excluding carboxylic acids is 4. The number of carbonyl (C=O) groups is 4. The van der Waals surface area contributed by atoms with Crippen LogP contribution in [0.15, 0.2) is 47.0 Å². The second kappa shape index (κ2) is 11.4. The maximum atomic E-state index is 13.1. The molecule has 2 aliphatic heterocycles. The molecule has 190 valence electrons. The monoisotopic (exact) mass is 560 g/mol. The van der Waals surface area contributed by atoms with E-state index in [-0.39, 0.29) is 39.7 Å². The van der Waals surface area contributed by atoms with Crippen molar-refractivity contribution < 1.29 is 33.7 Å². The molecule has 2 N–H and O–H groups in total. The van der Waals surface area contributed by atoms with Crippen molar-refractivity contribution in [2.75, 3.05) is 17.7 Å². The first-order valence-corrected chi connectivity index (χ1v) is 12.7. The zero-order valence-electron chi connectivity index (χ0n) is 18.8. The number of carboxylic acid groups (broad SMARTS) is 1. The summed E-state index contributed by atoms with van der Waals surface area (Å²) in [7, 11) is 0. The topological polar surface area (TPSA) is 157 Å². The number of pyridine rings is 1. The lowest BCUT2D eigenvalue weighted by atomic mass is 10.0. The number of halogens is 1. The predicted molar refractivity (Wildman–Crippen MR) is 132 cm³/mol. The third kappa shape index (κ3) is 5.43. The van der Waals surface area contributed by atoms with Crippen molar-refractivity contribution >= 4 is 69.7 Å². The van der Waals surface area contributed by atoms with Crippen LogP contribution in [0.25, 0.3) is 0 Å². The van der Waals surface area contributed by atoms with Gasteiger partial charge in [-0.2, -0.15) is 0 Å². The van der Waals surface area contributed by atoms with E-state index in [1.165, 1.54) is 11.8 Å². The van der Waals surface area contributed by atoms with Gasteiger partial charge < -0.3 is 25.4 Å². The number of carboxylic acids is 1. The number of nitrogens with one attached hydrogen (secondary N) is 2. The van der Waals surface area contributed by atoms with Gasteiger partial charge in [0.25, 0.3) is 11.8 Å². The Balaban J connectivity index is 1.55. The number of oxime groups is 1. The zero-order valence-corrected chi connectivity index (χ0v) is 21.1. The molecule has 4 heterocycles. The maximum absolute atomic E-state index is 13.1. The van der Waals surface area contributed by atoms with Gasteiger partial charge in [0.2, 0.25) is 6.41 Å². The van der Waals surface area contributed by atoms with Crippen LogP contribution in [0, 0.1) is 12.3 Å². The first-order chi connectivity index (χ1) is 17.8. The molecular weight excluding hydrogens is 544 g/mol. The van der Waals surface area contributed by atoms with E-state index in [2.05, 4.69) is 26.7 Å². The van der Waals surface area contributed by atoms with E-state index in [0.29, 0.717) is 17.7 Å². The predicted octanol–water partition coefficient (Wildman–Crippen LogP) is -0.890. The molecule has 0 aliphatic carbocycles. The molecule has 37 heavy (non-hydrogen) atoms. The van der Waals surface area contributed by atoms with Crippen LogP contribution in [-0.2, 0) is 30.6 Å². The van der Waals surface area contributed by atoms with Crippen molar-refractivity contribution in [1.82, 2.24) is 15.2 Å². The normalized spacial score (nSPS) is 18.9. The number of nitrogens with zero attached hydrogens (tertiary/aromatic N) is 4. The van der Waals surface area contributed by atoms with Crippen LogP contribution in [0.1, 0.15) is 5.69 Å². The molecule has 1 fully saturated rings. The Kier molecular flexibility index (Phi) is 8.07. The van der Waals surface area contributed by atoms with Crippen molar-refractivity contribution in [2.45, 2.75) is 18.0 Å². The average Bonchev–Trinajstić information content (AvgIpc) is 3.24. The number of terminal acetylenes is 1. The molecule has 15 heteroatoms. The van der Waals surface area contributed by atoms with Gasteiger partial charge in [-0.15, -0.1) is 18.2 Å². The molecule has 4 rings (SSSR count). The van der Waals surface area contributed by atoms with Crippen LogP contribution in [0.4, 0.5) is 5.13 Å². The largest absolute Gasteiger partial charge is 0.543 e. The highest BCUT2D eigenvalue weighted by Crippen LogP contribution is 2.40. The number of hydrogen-bond donors (Lipinski definition) is 2. The zero-order chi connectivity index (χ0) is 26.5. The van der Waals surface area contributed by atoms with Gasteiger partial charge in [0.15, 0.2) is 36.4 Å². The number of hydrogen-bond acceptors (Lipinski definition) is 10. The molecule has 1 unspecified atom stereocenters. The summed E-state index contributed by atoms with van der Waals surface area (Å²) in [4.78, 5) is 58.9. The molecule has 0 saturated carbocycles. The van der Waals surface area contributed by atoms with E-state index in [0.717, 1.165) is 16.2 Å². The number of aliphatic carboxylic acids is 1. The van der Waals surface area contributed by atoms with Gasteiger partial charge in [-0.1, -0.05) is 40.1 Å². The van der Waals surface area contributed by atoms with Crippen molar-refractivity contribution in [1.29, 1.82) is 0 Å². The van der Waals surface area contributed by atoms with Crippen molar-refractivity contribution in [3.63, 3.8) is 0 Å². The fraction of sp³-hybridized carbons (Fsp3) is 0.227. The fourth-order valence-electron chi connectivity index (χ4n) is 3.65. The SMILES string of the molecule is C#CCO/N=C(/C(=O)NC1C(=O)N2C(C(=O)[O-])=C(C[n+]3ccccc3)CS[C@H]12)c1nc(NC=O)sc1Cl. The molecule has 1 saturated heterocycles. The quantitative estimate of drug-likeness (QED) is 0.0720. The van der Waals surface area contributed by atoms with E-state index in [1.807, 2.05) is 6.07 Å². The molecule has 0 spiro atoms. The molecular formula is C22H17ClN6O6S2. The van der Waals surface area contributed by atoms with E-state index in [4.69, 9.17) is 22.9 Å². The van der Waals surface area contributed by atoms with Crippen molar-refractivity contribution in [3.05, 3.63) is 51.9 Å². The van der Waals surface area contributed by atoms with Crippen LogP contribution < -0.4 is 20.3 Å². The summed E-state index contributed by atoms with van der Waals surface area (Å²) in [6.45, 7) is 0.00203. The molecule has 2 aromatic rings. The van der Waals surface area contributed by atoms with Gasteiger partial charge in [-0.25, -0.2) is 9.55 Å². The van der Waals surface area contributed by atoms with Crippen LogP contribution in [0.2, 0.25) is 4.34 Å². The standard InChI is InChI=1S/C22H17ClN6O6S2/c1-2-8-35-27-14(13-17(23)37-22(26-13)24-11-30)18(31)25-15-19(32)29-16(21(33)34)12(10-36-20(15)29)9-28-6-4-3-5-7-28/h1,3-7,11,15,20H,8-10H2,(H2-,24,25,26,30,31,33,34)/b27-14+/t15?,20-/m1/s1. The fourth-order valence-corrected chi connectivity index (χ4v) is 5.99. The van der Waals surface area contributed by atoms with Gasteiger partial charge in [-0.05, 0) is 0 Å². The lowest BCUT2D eigenvalue weighted by Gasteiger charge is -2.50. The Morgan fingerprint density at radius 3 is 2.84 bits per heavy atom. The summed E-state index contributed by atoms with van der Waals surface area (Å²) in [6.07, 6.45) is 9.10. The highest BCUT2D eigenvalue weighted by Gasteiger charge is 2.53. The summed E-state index contributed by atoms with van der Waals surface area (Å²) < 4.78 is 1.81. The third-order valence-electron chi connectivity index (χ3n) is 5.19. The van der Waals surface area contributed by atoms with E-state index >= 15 is 0 Å². The summed E-state index contributed by atoms with van der Waals surface area (Å²) in [5.41, 5.74) is -0.179. The van der Waals surface area contributed by atoms with Crippen molar-refractivity contribution in [3.8, 4) is 12.3 Å². The van der Waals surface area contributed by atoms with Gasteiger partial charge in [0.1, 0.15) is 21.4 Å². The summed E-state index contributed by atoms with van der Waals surface area (Å²) in [5.74, 6) is -0.469. The van der Waals surface area contributed by atoms with Gasteiger partial charge >= 0.3 is 0 Å². The molecule has 0 radical (unpaired) electrons. The number of amides is 3. The Morgan fingerprint density at radius 1 is 1.41 bits per heavy atom. The highest BCUT2D eigenvalue weighted by atomic mass is 35.5. The highest BCUT2D eigenvalue weighted by molar-refractivity contribution is 8.00. The lowest BCUT2D eigenvalue weighted by Crippen LogP contribution is -2.71. The second-order valence-electron chi connectivity index (χ2n) is 7.47. The molecule has 0 aromatic carbocycles.